The van der Waals surface area contributed by atoms with Gasteiger partial charge in [-0.2, -0.15) is 0 Å². The van der Waals surface area contributed by atoms with Crippen molar-refractivity contribution in [1.29, 1.82) is 0 Å². The maximum Gasteiger partial charge on any atom is 0.317 e. The first-order chi connectivity index (χ1) is 9.81. The predicted molar refractivity (Wildman–Crippen MR) is 78.7 cm³/mol. The van der Waals surface area contributed by atoms with Crippen molar-refractivity contribution in [3.05, 3.63) is 18.2 Å². The summed E-state index contributed by atoms with van der Waals surface area (Å²) in [5.74, 6) is -0.227. The Balaban J connectivity index is 2.49. The van der Waals surface area contributed by atoms with E-state index >= 15 is 0 Å². The molecule has 0 aliphatic rings. The molecule has 21 heavy (non-hydrogen) atoms. The van der Waals surface area contributed by atoms with Gasteiger partial charge in [0.25, 0.3) is 0 Å². The van der Waals surface area contributed by atoms with E-state index in [1.165, 1.54) is 4.90 Å². The second-order valence-corrected chi connectivity index (χ2v) is 5.67. The van der Waals surface area contributed by atoms with Crippen LogP contribution in [-0.2, 0) is 17.9 Å². The zero-order chi connectivity index (χ0) is 16.0. The zero-order valence-corrected chi connectivity index (χ0v) is 13.0. The first-order valence-electron chi connectivity index (χ1n) is 7.03. The topological polar surface area (TPSA) is 87.5 Å². The normalized spacial score (nSPS) is 12.2. The molecule has 0 fully saturated rings. The molecular weight excluding hydrogens is 272 g/mol. The fraction of sp³-hybridized carbons (Fsp3) is 0.643. The first-order valence-corrected chi connectivity index (χ1v) is 7.03. The summed E-state index contributed by atoms with van der Waals surface area (Å²) in [5.41, 5.74) is 0. The number of imidazole rings is 1. The molecule has 7 nitrogen and oxygen atoms in total. The molecule has 0 aliphatic heterocycles. The van der Waals surface area contributed by atoms with E-state index < -0.39 is 11.9 Å². The highest BCUT2D eigenvalue weighted by atomic mass is 16.4. The highest BCUT2D eigenvalue weighted by Gasteiger charge is 2.17. The minimum Gasteiger partial charge on any atom is -0.481 e. The van der Waals surface area contributed by atoms with Crippen molar-refractivity contribution in [2.24, 2.45) is 11.8 Å². The van der Waals surface area contributed by atoms with E-state index in [1.807, 2.05) is 10.8 Å². The largest absolute Gasteiger partial charge is 0.481 e. The number of amides is 2. The Morgan fingerprint density at radius 2 is 2.10 bits per heavy atom. The molecule has 2 amide bonds. The van der Waals surface area contributed by atoms with Gasteiger partial charge >= 0.3 is 12.0 Å². The summed E-state index contributed by atoms with van der Waals surface area (Å²) in [4.78, 5) is 28.3. The van der Waals surface area contributed by atoms with Gasteiger partial charge in [0, 0.05) is 32.5 Å². The van der Waals surface area contributed by atoms with Crippen LogP contribution < -0.4 is 5.32 Å². The monoisotopic (exact) mass is 296 g/mol. The predicted octanol–water partition coefficient (Wildman–Crippen LogP) is 1.40. The van der Waals surface area contributed by atoms with Crippen molar-refractivity contribution in [3.8, 4) is 0 Å². The van der Waals surface area contributed by atoms with E-state index in [1.54, 1.807) is 20.2 Å². The van der Waals surface area contributed by atoms with Crippen LogP contribution in [0.25, 0.3) is 0 Å². The quantitative estimate of drug-likeness (QED) is 0.796. The molecule has 1 rings (SSSR count). The molecule has 0 bridgehead atoms. The number of carboxylic acid groups (broad SMARTS) is 1. The second-order valence-electron chi connectivity index (χ2n) is 5.67. The molecule has 7 heteroatoms. The van der Waals surface area contributed by atoms with Crippen molar-refractivity contribution in [1.82, 2.24) is 19.8 Å². The molecule has 0 aliphatic carbocycles. The van der Waals surface area contributed by atoms with Crippen molar-refractivity contribution in [3.63, 3.8) is 0 Å². The van der Waals surface area contributed by atoms with E-state index in [4.69, 9.17) is 5.11 Å². The summed E-state index contributed by atoms with van der Waals surface area (Å²) in [6.45, 7) is 7.14. The molecule has 1 atom stereocenters. The van der Waals surface area contributed by atoms with Gasteiger partial charge in [-0.25, -0.2) is 9.78 Å². The average molecular weight is 296 g/mol. The molecule has 1 aromatic rings. The lowest BCUT2D eigenvalue weighted by Gasteiger charge is -2.20. The third kappa shape index (κ3) is 5.45. The zero-order valence-electron chi connectivity index (χ0n) is 13.0. The van der Waals surface area contributed by atoms with Gasteiger partial charge in [0.2, 0.25) is 0 Å². The van der Waals surface area contributed by atoms with Gasteiger partial charge in [0.1, 0.15) is 5.82 Å². The SMILES string of the molecule is CC(C)Cn1ccnc1CNC(=O)N(C)CC(C)C(=O)O. The highest BCUT2D eigenvalue weighted by Crippen LogP contribution is 2.04. The molecule has 1 heterocycles. The third-order valence-corrected chi connectivity index (χ3v) is 3.08. The number of nitrogens with zero attached hydrogens (tertiary/aromatic N) is 3. The Morgan fingerprint density at radius 1 is 1.43 bits per heavy atom. The lowest BCUT2D eigenvalue weighted by Crippen LogP contribution is -2.40. The van der Waals surface area contributed by atoms with Crippen LogP contribution >= 0.6 is 0 Å². The maximum absolute atomic E-state index is 11.9. The van der Waals surface area contributed by atoms with E-state index in [0.29, 0.717) is 12.5 Å². The van der Waals surface area contributed by atoms with Crippen molar-refractivity contribution in [2.75, 3.05) is 13.6 Å². The van der Waals surface area contributed by atoms with Crippen LogP contribution in [0.3, 0.4) is 0 Å². The number of hydrogen-bond acceptors (Lipinski definition) is 3. The van der Waals surface area contributed by atoms with Gasteiger partial charge in [-0.1, -0.05) is 20.8 Å². The summed E-state index contributed by atoms with van der Waals surface area (Å²) in [6.07, 6.45) is 3.60. The van der Waals surface area contributed by atoms with Gasteiger partial charge in [0.05, 0.1) is 12.5 Å². The number of urea groups is 1. The van der Waals surface area contributed by atoms with E-state index in [2.05, 4.69) is 24.1 Å². The van der Waals surface area contributed by atoms with Crippen LogP contribution in [-0.4, -0.2) is 45.2 Å². The van der Waals surface area contributed by atoms with E-state index in [0.717, 1.165) is 12.4 Å². The number of rotatable bonds is 7. The third-order valence-electron chi connectivity index (χ3n) is 3.08. The van der Waals surface area contributed by atoms with Crippen LogP contribution in [0, 0.1) is 11.8 Å². The summed E-state index contributed by atoms with van der Waals surface area (Å²) in [7, 11) is 1.58. The summed E-state index contributed by atoms with van der Waals surface area (Å²) >= 11 is 0. The first kappa shape index (κ1) is 17.0. The molecule has 0 radical (unpaired) electrons. The van der Waals surface area contributed by atoms with Crippen LogP contribution in [0.15, 0.2) is 12.4 Å². The van der Waals surface area contributed by atoms with Gasteiger partial charge < -0.3 is 19.9 Å². The molecule has 2 N–H and O–H groups in total. The number of aromatic nitrogens is 2. The Hall–Kier alpha value is -2.05. The molecular formula is C14H24N4O3. The molecule has 0 saturated carbocycles. The summed E-state index contributed by atoms with van der Waals surface area (Å²) < 4.78 is 2.00. The maximum atomic E-state index is 11.9. The number of carbonyl (C=O) groups excluding carboxylic acids is 1. The number of aliphatic carboxylic acids is 1. The number of carbonyl (C=O) groups is 2. The fourth-order valence-corrected chi connectivity index (χ4v) is 1.93. The van der Waals surface area contributed by atoms with Gasteiger partial charge in [-0.15, -0.1) is 0 Å². The molecule has 0 saturated heterocycles. The summed E-state index contributed by atoms with van der Waals surface area (Å²) in [6, 6.07) is -0.304. The molecule has 0 aromatic carbocycles. The van der Waals surface area contributed by atoms with Gasteiger partial charge in [0.15, 0.2) is 0 Å². The molecule has 0 spiro atoms. The highest BCUT2D eigenvalue weighted by molar-refractivity contribution is 5.75. The van der Waals surface area contributed by atoms with Crippen molar-refractivity contribution >= 4 is 12.0 Å². The number of carboxylic acids is 1. The number of nitrogens with one attached hydrogen (secondary N) is 1. The lowest BCUT2D eigenvalue weighted by atomic mass is 10.2. The van der Waals surface area contributed by atoms with E-state index in [9.17, 15) is 9.59 Å². The number of hydrogen-bond donors (Lipinski definition) is 2. The van der Waals surface area contributed by atoms with Crippen LogP contribution in [0.1, 0.15) is 26.6 Å². The molecule has 118 valence electrons. The molecule has 1 aromatic heterocycles. The Kier molecular flexibility index (Phi) is 6.20. The lowest BCUT2D eigenvalue weighted by molar-refractivity contribution is -0.141. The van der Waals surface area contributed by atoms with Crippen molar-refractivity contribution in [2.45, 2.75) is 33.9 Å². The minimum atomic E-state index is -0.915. The van der Waals surface area contributed by atoms with Crippen LogP contribution in [0.5, 0.6) is 0 Å². The van der Waals surface area contributed by atoms with E-state index in [-0.39, 0.29) is 12.6 Å². The fourth-order valence-electron chi connectivity index (χ4n) is 1.93. The Bertz CT molecular complexity index is 484. The smallest absolute Gasteiger partial charge is 0.317 e. The molecule has 1 unspecified atom stereocenters. The summed E-state index contributed by atoms with van der Waals surface area (Å²) in [5, 5.41) is 11.6. The Morgan fingerprint density at radius 3 is 2.67 bits per heavy atom. The minimum absolute atomic E-state index is 0.168. The van der Waals surface area contributed by atoms with Crippen LogP contribution in [0.4, 0.5) is 4.79 Å². The van der Waals surface area contributed by atoms with Gasteiger partial charge in [-0.05, 0) is 5.92 Å². The standard InChI is InChI=1S/C14H24N4O3/c1-10(2)8-18-6-5-15-12(18)7-16-14(21)17(4)9-11(3)13(19)20/h5-6,10-11H,7-9H2,1-4H3,(H,16,21)(H,19,20). The van der Waals surface area contributed by atoms with Crippen LogP contribution in [0.2, 0.25) is 0 Å². The Labute approximate surface area is 125 Å². The average Bonchev–Trinajstić information content (AvgIpc) is 2.82. The van der Waals surface area contributed by atoms with Crippen molar-refractivity contribution < 1.29 is 14.7 Å². The van der Waals surface area contributed by atoms with Gasteiger partial charge in [-0.3, -0.25) is 4.79 Å². The second kappa shape index (κ2) is 7.66.